The molecule has 0 amide bonds. The van der Waals surface area contributed by atoms with Crippen molar-refractivity contribution in [1.82, 2.24) is 14.6 Å². The lowest BCUT2D eigenvalue weighted by Crippen LogP contribution is -2.43. The van der Waals surface area contributed by atoms with Crippen LogP contribution in [0.1, 0.15) is 67.3 Å². The summed E-state index contributed by atoms with van der Waals surface area (Å²) in [6, 6.07) is 5.03. The average Bonchev–Trinajstić information content (AvgIpc) is 3.03. The third kappa shape index (κ3) is 3.92. The molecule has 172 valence electrons. The Bertz CT molecular complexity index is 1120. The number of aromatic nitrogens is 3. The fourth-order valence-corrected chi connectivity index (χ4v) is 5.48. The highest BCUT2D eigenvalue weighted by Gasteiger charge is 2.31. The van der Waals surface area contributed by atoms with Gasteiger partial charge in [-0.15, -0.1) is 0 Å². The van der Waals surface area contributed by atoms with E-state index in [0.29, 0.717) is 6.04 Å². The van der Waals surface area contributed by atoms with Crippen LogP contribution in [0.25, 0.3) is 16.8 Å². The SMILES string of the molecule is CCC1CCc2c(C)nc3c(-c4c(C)cc(C)cc4C)c(C)nn3c2N1CCOC(C)C. The molecule has 0 N–H and O–H groups in total. The van der Waals surface area contributed by atoms with Crippen LogP contribution in [0.5, 0.6) is 0 Å². The molecule has 1 atom stereocenters. The number of ether oxygens (including phenoxy) is 1. The molecule has 3 heterocycles. The highest BCUT2D eigenvalue weighted by molar-refractivity contribution is 5.85. The first kappa shape index (κ1) is 22.8. The summed E-state index contributed by atoms with van der Waals surface area (Å²) < 4.78 is 8.08. The van der Waals surface area contributed by atoms with Crippen molar-refractivity contribution < 1.29 is 4.74 Å². The summed E-state index contributed by atoms with van der Waals surface area (Å²) >= 11 is 0. The van der Waals surface area contributed by atoms with Crippen molar-refractivity contribution in [3.05, 3.63) is 45.8 Å². The number of rotatable bonds is 6. The molecule has 0 aliphatic carbocycles. The number of nitrogens with zero attached hydrogens (tertiary/aromatic N) is 4. The maximum atomic E-state index is 5.95. The number of anilines is 1. The van der Waals surface area contributed by atoms with Gasteiger partial charge in [0.1, 0.15) is 5.82 Å². The molecule has 2 aromatic heterocycles. The van der Waals surface area contributed by atoms with Crippen molar-refractivity contribution in [2.24, 2.45) is 0 Å². The molecule has 5 heteroatoms. The van der Waals surface area contributed by atoms with Crippen molar-refractivity contribution in [1.29, 1.82) is 0 Å². The second-order valence-corrected chi connectivity index (χ2v) is 9.68. The van der Waals surface area contributed by atoms with E-state index in [9.17, 15) is 0 Å². The molecule has 1 unspecified atom stereocenters. The lowest BCUT2D eigenvalue weighted by atomic mass is 9.93. The first-order valence-electron chi connectivity index (χ1n) is 12.1. The smallest absolute Gasteiger partial charge is 0.165 e. The summed E-state index contributed by atoms with van der Waals surface area (Å²) in [4.78, 5) is 7.66. The molecule has 0 bridgehead atoms. The summed E-state index contributed by atoms with van der Waals surface area (Å²) in [6.45, 7) is 18.9. The van der Waals surface area contributed by atoms with Gasteiger partial charge in [-0.1, -0.05) is 24.6 Å². The molecule has 4 rings (SSSR count). The molecular formula is C27H38N4O. The predicted molar refractivity (Wildman–Crippen MR) is 133 cm³/mol. The Morgan fingerprint density at radius 3 is 2.34 bits per heavy atom. The lowest BCUT2D eigenvalue weighted by molar-refractivity contribution is 0.0826. The first-order valence-corrected chi connectivity index (χ1v) is 12.1. The number of benzene rings is 1. The van der Waals surface area contributed by atoms with E-state index < -0.39 is 0 Å². The van der Waals surface area contributed by atoms with Gasteiger partial charge in [-0.05, 0) is 84.4 Å². The molecule has 1 aromatic carbocycles. The van der Waals surface area contributed by atoms with E-state index in [1.54, 1.807) is 0 Å². The molecule has 0 saturated carbocycles. The van der Waals surface area contributed by atoms with E-state index >= 15 is 0 Å². The van der Waals surface area contributed by atoms with Crippen molar-refractivity contribution in [2.45, 2.75) is 86.8 Å². The Kier molecular flexibility index (Phi) is 6.30. The van der Waals surface area contributed by atoms with Crippen LogP contribution in [-0.4, -0.2) is 39.9 Å². The zero-order chi connectivity index (χ0) is 23.2. The largest absolute Gasteiger partial charge is 0.377 e. The second-order valence-electron chi connectivity index (χ2n) is 9.68. The van der Waals surface area contributed by atoms with Crippen molar-refractivity contribution in [3.63, 3.8) is 0 Å². The Balaban J connectivity index is 1.93. The van der Waals surface area contributed by atoms with Gasteiger partial charge in [0.25, 0.3) is 0 Å². The minimum Gasteiger partial charge on any atom is -0.377 e. The Morgan fingerprint density at radius 2 is 1.72 bits per heavy atom. The van der Waals surface area contributed by atoms with E-state index in [4.69, 9.17) is 14.8 Å². The van der Waals surface area contributed by atoms with Crippen molar-refractivity contribution in [2.75, 3.05) is 18.1 Å². The lowest BCUT2D eigenvalue weighted by Gasteiger charge is -2.39. The zero-order valence-electron chi connectivity index (χ0n) is 21.0. The van der Waals surface area contributed by atoms with Crippen molar-refractivity contribution in [3.8, 4) is 11.1 Å². The van der Waals surface area contributed by atoms with Crippen LogP contribution in [0.2, 0.25) is 0 Å². The average molecular weight is 435 g/mol. The van der Waals surface area contributed by atoms with Crippen LogP contribution in [-0.2, 0) is 11.2 Å². The molecule has 0 radical (unpaired) electrons. The zero-order valence-corrected chi connectivity index (χ0v) is 21.0. The molecule has 0 fully saturated rings. The number of hydrogen-bond acceptors (Lipinski definition) is 4. The standard InChI is InChI=1S/C27H38N4O/c1-9-22-10-11-23-20(7)28-26-25(24-18(5)14-17(4)15-19(24)6)21(8)29-31(26)27(23)30(22)12-13-32-16(2)3/h14-16,22H,9-13H2,1-8H3. The molecule has 1 aliphatic rings. The first-order chi connectivity index (χ1) is 15.2. The summed E-state index contributed by atoms with van der Waals surface area (Å²) in [6.07, 6.45) is 3.57. The summed E-state index contributed by atoms with van der Waals surface area (Å²) in [7, 11) is 0. The van der Waals surface area contributed by atoms with Gasteiger partial charge in [-0.25, -0.2) is 4.98 Å². The summed E-state index contributed by atoms with van der Waals surface area (Å²) in [5, 5.41) is 5.08. The predicted octanol–water partition coefficient (Wildman–Crippen LogP) is 5.89. The normalized spacial score (nSPS) is 16.3. The van der Waals surface area contributed by atoms with E-state index in [2.05, 4.69) is 76.9 Å². The minimum absolute atomic E-state index is 0.240. The molecule has 0 spiro atoms. The molecule has 1 aliphatic heterocycles. The Labute approximate surface area is 192 Å². The van der Waals surface area contributed by atoms with E-state index in [0.717, 1.165) is 49.4 Å². The monoisotopic (exact) mass is 434 g/mol. The topological polar surface area (TPSA) is 42.7 Å². The summed E-state index contributed by atoms with van der Waals surface area (Å²) in [5.74, 6) is 1.22. The van der Waals surface area contributed by atoms with Gasteiger partial charge in [0.2, 0.25) is 0 Å². The fraction of sp³-hybridized carbons (Fsp3) is 0.556. The minimum atomic E-state index is 0.240. The molecular weight excluding hydrogens is 396 g/mol. The van der Waals surface area contributed by atoms with Crippen LogP contribution in [0.15, 0.2) is 12.1 Å². The number of fused-ring (bicyclic) bond motifs is 3. The quantitative estimate of drug-likeness (QED) is 0.485. The van der Waals surface area contributed by atoms with E-state index in [-0.39, 0.29) is 6.10 Å². The molecule has 3 aromatic rings. The van der Waals surface area contributed by atoms with Gasteiger partial charge in [0.15, 0.2) is 5.65 Å². The van der Waals surface area contributed by atoms with Gasteiger partial charge in [0, 0.05) is 23.8 Å². The van der Waals surface area contributed by atoms with Gasteiger partial charge in [0.05, 0.1) is 24.0 Å². The summed E-state index contributed by atoms with van der Waals surface area (Å²) in [5.41, 5.74) is 10.8. The fourth-order valence-electron chi connectivity index (χ4n) is 5.48. The highest BCUT2D eigenvalue weighted by atomic mass is 16.5. The highest BCUT2D eigenvalue weighted by Crippen LogP contribution is 2.39. The van der Waals surface area contributed by atoms with Gasteiger partial charge < -0.3 is 9.64 Å². The van der Waals surface area contributed by atoms with E-state index in [1.165, 1.54) is 39.2 Å². The van der Waals surface area contributed by atoms with Crippen LogP contribution in [0, 0.1) is 34.6 Å². The van der Waals surface area contributed by atoms with Gasteiger partial charge >= 0.3 is 0 Å². The molecule has 5 nitrogen and oxygen atoms in total. The number of aryl methyl sites for hydroxylation is 5. The van der Waals surface area contributed by atoms with Crippen LogP contribution < -0.4 is 4.90 Å². The van der Waals surface area contributed by atoms with E-state index in [1.807, 2.05) is 0 Å². The van der Waals surface area contributed by atoms with Crippen LogP contribution in [0.3, 0.4) is 0 Å². The van der Waals surface area contributed by atoms with Crippen LogP contribution in [0.4, 0.5) is 5.82 Å². The third-order valence-electron chi connectivity index (χ3n) is 6.84. The Morgan fingerprint density at radius 1 is 1.03 bits per heavy atom. The second kappa shape index (κ2) is 8.86. The Hall–Kier alpha value is -2.40. The maximum Gasteiger partial charge on any atom is 0.165 e. The maximum absolute atomic E-state index is 5.95. The molecule has 32 heavy (non-hydrogen) atoms. The third-order valence-corrected chi connectivity index (χ3v) is 6.84. The number of hydrogen-bond donors (Lipinski definition) is 0. The van der Waals surface area contributed by atoms with Crippen LogP contribution >= 0.6 is 0 Å². The van der Waals surface area contributed by atoms with Gasteiger partial charge in [-0.3, -0.25) is 0 Å². The molecule has 0 saturated heterocycles. The van der Waals surface area contributed by atoms with Gasteiger partial charge in [-0.2, -0.15) is 9.61 Å². The van der Waals surface area contributed by atoms with Crippen molar-refractivity contribution >= 4 is 11.5 Å².